The van der Waals surface area contributed by atoms with Crippen LogP contribution in [0.3, 0.4) is 0 Å². The number of nitro groups is 1. The minimum absolute atomic E-state index is 0.0472. The molecule has 154 valence electrons. The van der Waals surface area contributed by atoms with Crippen LogP contribution in [-0.4, -0.2) is 36.8 Å². The van der Waals surface area contributed by atoms with E-state index >= 15 is 0 Å². The molecule has 1 fully saturated rings. The third-order valence-electron chi connectivity index (χ3n) is 4.64. The highest BCUT2D eigenvalue weighted by molar-refractivity contribution is 6.35. The lowest BCUT2D eigenvalue weighted by Gasteiger charge is -2.22. The van der Waals surface area contributed by atoms with Crippen LogP contribution in [0.2, 0.25) is 5.02 Å². The van der Waals surface area contributed by atoms with Gasteiger partial charge in [-0.2, -0.15) is 0 Å². The van der Waals surface area contributed by atoms with Crippen molar-refractivity contribution < 1.29 is 23.9 Å². The first-order chi connectivity index (χ1) is 14.0. The summed E-state index contributed by atoms with van der Waals surface area (Å²) in [6, 6.07) is 8.95. The molecular formula is C21H22ClNO6. The van der Waals surface area contributed by atoms with E-state index in [1.165, 1.54) is 18.2 Å². The van der Waals surface area contributed by atoms with E-state index in [0.717, 1.165) is 31.4 Å². The number of hydrogen-bond donors (Lipinski definition) is 0. The molecule has 0 N–H and O–H groups in total. The van der Waals surface area contributed by atoms with Crippen molar-refractivity contribution in [2.45, 2.75) is 32.5 Å². The molecule has 29 heavy (non-hydrogen) atoms. The smallest absolute Gasteiger partial charge is 0.270 e. The molecule has 2 aromatic carbocycles. The summed E-state index contributed by atoms with van der Waals surface area (Å²) in [6.45, 7) is 3.33. The standard InChI is InChI=1S/C21H22ClNO6/c1-14-12-16(27-10-11-29-20-4-2-3-9-28-20)6-8-17(14)21(24)18-7-5-15(23(25)26)13-19(18)22/h5-8,12-13,20H,2-4,9-11H2,1H3. The van der Waals surface area contributed by atoms with Gasteiger partial charge >= 0.3 is 0 Å². The molecule has 1 atom stereocenters. The van der Waals surface area contributed by atoms with Crippen molar-refractivity contribution in [1.82, 2.24) is 0 Å². The third-order valence-corrected chi connectivity index (χ3v) is 4.96. The molecule has 0 radical (unpaired) electrons. The Hall–Kier alpha value is -2.48. The van der Waals surface area contributed by atoms with Crippen LogP contribution in [0.4, 0.5) is 5.69 Å². The van der Waals surface area contributed by atoms with Gasteiger partial charge in [0.1, 0.15) is 12.4 Å². The molecule has 0 amide bonds. The van der Waals surface area contributed by atoms with Crippen LogP contribution >= 0.6 is 11.6 Å². The highest BCUT2D eigenvalue weighted by atomic mass is 35.5. The Morgan fingerprint density at radius 3 is 2.66 bits per heavy atom. The lowest BCUT2D eigenvalue weighted by Crippen LogP contribution is -2.24. The lowest BCUT2D eigenvalue weighted by atomic mass is 9.98. The van der Waals surface area contributed by atoms with Crippen molar-refractivity contribution in [3.8, 4) is 5.75 Å². The minimum atomic E-state index is -0.554. The predicted molar refractivity (Wildman–Crippen MR) is 108 cm³/mol. The van der Waals surface area contributed by atoms with Crippen molar-refractivity contribution in [3.63, 3.8) is 0 Å². The zero-order chi connectivity index (χ0) is 20.8. The van der Waals surface area contributed by atoms with E-state index in [1.807, 2.05) is 0 Å². The van der Waals surface area contributed by atoms with Gasteiger partial charge in [-0.1, -0.05) is 11.6 Å². The SMILES string of the molecule is Cc1cc(OCCOC2CCCCO2)ccc1C(=O)c1ccc([N+](=O)[O-])cc1Cl. The van der Waals surface area contributed by atoms with Crippen LogP contribution < -0.4 is 4.74 Å². The molecule has 1 aliphatic heterocycles. The monoisotopic (exact) mass is 419 g/mol. The number of ether oxygens (including phenoxy) is 3. The van der Waals surface area contributed by atoms with Crippen molar-refractivity contribution in [2.24, 2.45) is 0 Å². The van der Waals surface area contributed by atoms with Crippen LogP contribution in [0.15, 0.2) is 36.4 Å². The van der Waals surface area contributed by atoms with Crippen molar-refractivity contribution in [2.75, 3.05) is 19.8 Å². The summed E-state index contributed by atoms with van der Waals surface area (Å²) in [7, 11) is 0. The summed E-state index contributed by atoms with van der Waals surface area (Å²) in [4.78, 5) is 23.1. The number of rotatable bonds is 8. The van der Waals surface area contributed by atoms with Gasteiger partial charge in [-0.05, 0) is 56.0 Å². The first-order valence-corrected chi connectivity index (χ1v) is 9.79. The normalized spacial score (nSPS) is 16.4. The summed E-state index contributed by atoms with van der Waals surface area (Å²) < 4.78 is 16.8. The summed E-state index contributed by atoms with van der Waals surface area (Å²) in [5, 5.41) is 10.9. The van der Waals surface area contributed by atoms with Crippen LogP contribution in [0.1, 0.15) is 40.7 Å². The molecule has 7 nitrogen and oxygen atoms in total. The number of carbonyl (C=O) groups is 1. The molecular weight excluding hydrogens is 398 g/mol. The Labute approximate surface area is 173 Å². The number of halogens is 1. The quantitative estimate of drug-likeness (QED) is 0.266. The molecule has 0 saturated carbocycles. The molecule has 0 bridgehead atoms. The maximum absolute atomic E-state index is 12.8. The van der Waals surface area contributed by atoms with Crippen LogP contribution in [0, 0.1) is 17.0 Å². The number of ketones is 1. The number of benzene rings is 2. The largest absolute Gasteiger partial charge is 0.491 e. The molecule has 0 spiro atoms. The summed E-state index contributed by atoms with van der Waals surface area (Å²) >= 11 is 6.08. The molecule has 8 heteroatoms. The first kappa shape index (κ1) is 21.2. The van der Waals surface area contributed by atoms with Gasteiger partial charge in [0.15, 0.2) is 12.1 Å². The van der Waals surface area contributed by atoms with E-state index in [0.29, 0.717) is 24.5 Å². The Morgan fingerprint density at radius 2 is 2.00 bits per heavy atom. The molecule has 1 saturated heterocycles. The second-order valence-corrected chi connectivity index (χ2v) is 7.15. The fourth-order valence-electron chi connectivity index (χ4n) is 3.11. The van der Waals surface area contributed by atoms with Gasteiger partial charge in [-0.3, -0.25) is 14.9 Å². The average Bonchev–Trinajstić information content (AvgIpc) is 2.71. The van der Waals surface area contributed by atoms with Gasteiger partial charge < -0.3 is 14.2 Å². The van der Waals surface area contributed by atoms with Gasteiger partial charge in [-0.15, -0.1) is 0 Å². The van der Waals surface area contributed by atoms with E-state index in [-0.39, 0.29) is 28.3 Å². The zero-order valence-electron chi connectivity index (χ0n) is 16.1. The van der Waals surface area contributed by atoms with E-state index in [1.54, 1.807) is 25.1 Å². The number of nitrogens with zero attached hydrogens (tertiary/aromatic N) is 1. The van der Waals surface area contributed by atoms with Gasteiger partial charge in [-0.25, -0.2) is 0 Å². The minimum Gasteiger partial charge on any atom is -0.491 e. The van der Waals surface area contributed by atoms with Crippen molar-refractivity contribution >= 4 is 23.1 Å². The summed E-state index contributed by atoms with van der Waals surface area (Å²) in [6.07, 6.45) is 2.94. The second-order valence-electron chi connectivity index (χ2n) is 6.74. The highest BCUT2D eigenvalue weighted by Crippen LogP contribution is 2.27. The first-order valence-electron chi connectivity index (χ1n) is 9.41. The number of hydrogen-bond acceptors (Lipinski definition) is 6. The van der Waals surface area contributed by atoms with E-state index < -0.39 is 4.92 Å². The van der Waals surface area contributed by atoms with Crippen LogP contribution in [0.25, 0.3) is 0 Å². The molecule has 0 aliphatic carbocycles. The van der Waals surface area contributed by atoms with E-state index in [2.05, 4.69) is 0 Å². The van der Waals surface area contributed by atoms with Gasteiger partial charge in [0, 0.05) is 29.9 Å². The Morgan fingerprint density at radius 1 is 1.21 bits per heavy atom. The van der Waals surface area contributed by atoms with Crippen LogP contribution in [-0.2, 0) is 9.47 Å². The van der Waals surface area contributed by atoms with Gasteiger partial charge in [0.25, 0.3) is 5.69 Å². The molecule has 3 rings (SSSR count). The van der Waals surface area contributed by atoms with E-state index in [9.17, 15) is 14.9 Å². The average molecular weight is 420 g/mol. The number of aryl methyl sites for hydroxylation is 1. The zero-order valence-corrected chi connectivity index (χ0v) is 16.8. The Kier molecular flexibility index (Phi) is 7.19. The summed E-state index contributed by atoms with van der Waals surface area (Å²) in [5.74, 6) is 0.328. The fourth-order valence-corrected chi connectivity index (χ4v) is 3.37. The second kappa shape index (κ2) is 9.82. The molecule has 1 unspecified atom stereocenters. The predicted octanol–water partition coefficient (Wildman–Crippen LogP) is 4.71. The summed E-state index contributed by atoms with van der Waals surface area (Å²) in [5.41, 5.74) is 1.24. The fraction of sp³-hybridized carbons (Fsp3) is 0.381. The molecule has 1 heterocycles. The maximum Gasteiger partial charge on any atom is 0.270 e. The van der Waals surface area contributed by atoms with Crippen molar-refractivity contribution in [1.29, 1.82) is 0 Å². The van der Waals surface area contributed by atoms with E-state index in [4.69, 9.17) is 25.8 Å². The molecule has 1 aliphatic rings. The number of non-ortho nitro benzene ring substituents is 1. The third kappa shape index (κ3) is 5.53. The Bertz CT molecular complexity index is 895. The molecule has 0 aromatic heterocycles. The topological polar surface area (TPSA) is 87.9 Å². The highest BCUT2D eigenvalue weighted by Gasteiger charge is 2.18. The Balaban J connectivity index is 1.60. The van der Waals surface area contributed by atoms with Crippen molar-refractivity contribution in [3.05, 3.63) is 68.2 Å². The van der Waals surface area contributed by atoms with Crippen LogP contribution in [0.5, 0.6) is 5.75 Å². The van der Waals surface area contributed by atoms with Gasteiger partial charge in [0.2, 0.25) is 0 Å². The maximum atomic E-state index is 12.8. The number of carbonyl (C=O) groups excluding carboxylic acids is 1. The number of nitro benzene ring substituents is 1. The van der Waals surface area contributed by atoms with Gasteiger partial charge in [0.05, 0.1) is 16.6 Å². The lowest BCUT2D eigenvalue weighted by molar-refractivity contribution is -0.384. The molecule has 2 aromatic rings.